The lowest BCUT2D eigenvalue weighted by Gasteiger charge is -2.33. The predicted molar refractivity (Wildman–Crippen MR) is 352 cm³/mol. The Bertz CT molecular complexity index is 3310. The second-order valence-corrected chi connectivity index (χ2v) is 37.4. The number of aliphatic imine (C=N–C) groups is 1. The molecule has 3 saturated heterocycles. The minimum Gasteiger partial charge on any atom is -0.400 e. The zero-order chi connectivity index (χ0) is 64.5. The number of carbonyl (C=O) groups is 1. The van der Waals surface area contributed by atoms with E-state index in [2.05, 4.69) is 134 Å². The van der Waals surface area contributed by atoms with Gasteiger partial charge in [0.05, 0.1) is 5.52 Å². The van der Waals surface area contributed by atoms with Crippen LogP contribution in [-0.4, -0.2) is 166 Å². The van der Waals surface area contributed by atoms with Crippen LogP contribution in [-0.2, 0) is 22.9 Å². The molecule has 0 aliphatic carbocycles. The van der Waals surface area contributed by atoms with Crippen molar-refractivity contribution in [2.75, 3.05) is 75.8 Å². The van der Waals surface area contributed by atoms with Gasteiger partial charge in [-0.15, -0.1) is 26.9 Å². The second kappa shape index (κ2) is 32.8. The largest absolute Gasteiger partial charge is 0.400 e. The van der Waals surface area contributed by atoms with Crippen molar-refractivity contribution in [2.45, 2.75) is 121 Å². The Labute approximate surface area is 542 Å². The number of halogens is 10. The molecule has 480 valence electrons. The number of hydrogen-bond acceptors (Lipinski definition) is 12. The van der Waals surface area contributed by atoms with Gasteiger partial charge in [-0.05, 0) is 72.8 Å². The number of ether oxygens (including phenoxy) is 2. The first kappa shape index (κ1) is 72.0. The molecule has 3 fully saturated rings. The summed E-state index contributed by atoms with van der Waals surface area (Å²) in [7, 11) is -1.35. The number of carbonyl (C=O) groups excluding carboxylic acids is 1. The Morgan fingerprint density at radius 3 is 1.57 bits per heavy atom. The van der Waals surface area contributed by atoms with E-state index >= 15 is 0 Å². The van der Waals surface area contributed by atoms with E-state index in [-0.39, 0.29) is 90.5 Å². The molecule has 3 aliphatic heterocycles. The molecular formula is C59H77Br3ClF6N13O4Si2. The number of piperidine rings is 3. The Hall–Kier alpha value is -5.08. The van der Waals surface area contributed by atoms with Gasteiger partial charge in [0.25, 0.3) is 23.7 Å². The van der Waals surface area contributed by atoms with Gasteiger partial charge in [0.1, 0.15) is 19.0 Å². The van der Waals surface area contributed by atoms with Crippen LogP contribution in [0.15, 0.2) is 115 Å². The zero-order valence-corrected chi connectivity index (χ0v) is 58.2. The number of anilines is 2. The highest BCUT2D eigenvalue weighted by molar-refractivity contribution is 9.11. The summed E-state index contributed by atoms with van der Waals surface area (Å²) < 4.78 is 101. The minimum absolute atomic E-state index is 0.0770. The predicted octanol–water partition coefficient (Wildman–Crippen LogP) is 14.9. The van der Waals surface area contributed by atoms with E-state index < -0.39 is 39.8 Å². The molecule has 0 unspecified atom stereocenters. The lowest BCUT2D eigenvalue weighted by atomic mass is 10.1. The van der Waals surface area contributed by atoms with Crippen molar-refractivity contribution < 1.29 is 45.7 Å². The van der Waals surface area contributed by atoms with Gasteiger partial charge < -0.3 is 29.3 Å². The average Bonchev–Trinajstić information content (AvgIpc) is 2.60. The van der Waals surface area contributed by atoms with Crippen molar-refractivity contribution in [1.82, 2.24) is 49.4 Å². The van der Waals surface area contributed by atoms with E-state index in [1.807, 2.05) is 70.5 Å². The third kappa shape index (κ3) is 22.1. The second-order valence-electron chi connectivity index (χ2n) is 23.4. The number of benzene rings is 4. The highest BCUT2D eigenvalue weighted by atomic mass is 79.9. The lowest BCUT2D eigenvalue weighted by molar-refractivity contribution is -0.0440. The standard InChI is InChI=1S/C19H16BrF2N5O.2C19H27BrF2N4OSi.CH3Cl.CH4O/c20-14-7-5-13(6-8-14)17(28)23-18(26-11-9-19(21,22)10-12-26)27-16-4-2-1-3-15(16)24-25-27;1-28(2,3)13-12-27-14-26-17(15-4-6-16(20)7-5-15)23-18(24-26)25-10-8-19(21,22)9-11-25;1-28(2,3)13-12-27-14-26-18(25-10-8-19(21,22)9-11-25)23-17(24-26)15-4-6-16(20)7-5-15;2*1-2/h1-8H,9-12H2;2*4-7H,8-14H2,1-3H3;1H3;2H,1H3. The smallest absolute Gasteiger partial charge is 0.280 e. The Morgan fingerprint density at radius 1 is 0.602 bits per heavy atom. The van der Waals surface area contributed by atoms with E-state index in [9.17, 15) is 31.1 Å². The van der Waals surface area contributed by atoms with Crippen LogP contribution in [0, 0.1) is 0 Å². The summed E-state index contributed by atoms with van der Waals surface area (Å²) in [5, 5.41) is 24.4. The maximum absolute atomic E-state index is 13.6. The molecule has 1 N–H and O–H groups in total. The van der Waals surface area contributed by atoms with E-state index in [4.69, 9.17) is 14.6 Å². The molecule has 3 aromatic heterocycles. The number of hydrogen-bond donors (Lipinski definition) is 1. The highest BCUT2D eigenvalue weighted by Crippen LogP contribution is 2.34. The molecule has 6 heterocycles. The van der Waals surface area contributed by atoms with Crippen LogP contribution in [0.5, 0.6) is 0 Å². The lowest BCUT2D eigenvalue weighted by Crippen LogP contribution is -2.46. The van der Waals surface area contributed by atoms with E-state index in [1.165, 1.54) is 11.1 Å². The topological polar surface area (TPSA) is 170 Å². The molecule has 0 saturated carbocycles. The van der Waals surface area contributed by atoms with Gasteiger partial charge in [-0.2, -0.15) is 19.6 Å². The maximum atomic E-state index is 13.6. The zero-order valence-electron chi connectivity index (χ0n) is 50.7. The summed E-state index contributed by atoms with van der Waals surface area (Å²) in [6, 6.07) is 31.7. The van der Waals surface area contributed by atoms with Crippen molar-refractivity contribution in [1.29, 1.82) is 0 Å². The third-order valence-corrected chi connectivity index (χ3v) is 19.1. The van der Waals surface area contributed by atoms with Crippen LogP contribution in [0.1, 0.15) is 48.9 Å². The summed E-state index contributed by atoms with van der Waals surface area (Å²) in [4.78, 5) is 31.7. The number of aliphatic hydroxyl groups excluding tert-OH is 1. The van der Waals surface area contributed by atoms with Crippen LogP contribution >= 0.6 is 59.4 Å². The van der Waals surface area contributed by atoms with E-state index in [0.717, 1.165) is 43.7 Å². The first-order valence-corrected chi connectivity index (χ1v) is 39.2. The number of alkyl halides is 7. The van der Waals surface area contributed by atoms with E-state index in [1.54, 1.807) is 50.7 Å². The minimum atomic E-state index is -2.71. The number of amides is 1. The van der Waals surface area contributed by atoms with Crippen LogP contribution in [0.2, 0.25) is 51.4 Å². The van der Waals surface area contributed by atoms with Crippen LogP contribution in [0.4, 0.5) is 38.2 Å². The van der Waals surface area contributed by atoms with Gasteiger partial charge in [0, 0.05) is 151 Å². The van der Waals surface area contributed by atoms with Crippen molar-refractivity contribution in [3.63, 3.8) is 0 Å². The summed E-state index contributed by atoms with van der Waals surface area (Å²) >= 11 is 14.8. The number of likely N-dealkylation sites (tertiary alicyclic amines) is 1. The SMILES string of the molecule is CCl.CO.C[Si](C)(C)CCOCn1nc(-c2ccc(Br)cc2)nc1N1CCC(F)(F)CC1.C[Si](C)(C)CCOCn1nc(N2CCC(F)(F)CC2)nc1-c1ccc(Br)cc1.O=C(N=C(N1CCC(F)(F)CC1)n1nnc2ccccc21)c1ccc(Br)cc1. The van der Waals surface area contributed by atoms with Crippen LogP contribution in [0.3, 0.4) is 0 Å². The molecule has 4 aromatic carbocycles. The fourth-order valence-electron chi connectivity index (χ4n) is 8.92. The number of rotatable bonds is 15. The van der Waals surface area contributed by atoms with Gasteiger partial charge in [-0.3, -0.25) is 4.79 Å². The highest BCUT2D eigenvalue weighted by Gasteiger charge is 2.38. The quantitative estimate of drug-likeness (QED) is 0.0257. The van der Waals surface area contributed by atoms with Crippen LogP contribution in [0.25, 0.3) is 33.8 Å². The number of nitrogens with zero attached hydrogens (tertiary/aromatic N) is 13. The number of aromatic nitrogens is 9. The molecule has 17 nitrogen and oxygen atoms in total. The van der Waals surface area contributed by atoms with E-state index in [0.29, 0.717) is 60.1 Å². The van der Waals surface area contributed by atoms with Gasteiger partial charge in [-0.1, -0.05) is 129 Å². The molecule has 29 heteroatoms. The average molecular weight is 1480 g/mol. The van der Waals surface area contributed by atoms with Gasteiger partial charge >= 0.3 is 0 Å². The van der Waals surface area contributed by atoms with Crippen LogP contribution < -0.4 is 9.80 Å². The first-order valence-electron chi connectivity index (χ1n) is 28.7. The van der Waals surface area contributed by atoms with Gasteiger partial charge in [-0.25, -0.2) is 35.7 Å². The molecule has 1 amide bonds. The first-order chi connectivity index (χ1) is 41.7. The third-order valence-electron chi connectivity index (χ3n) is 14.1. The molecular weight excluding hydrogens is 1400 g/mol. The molecule has 10 rings (SSSR count). The van der Waals surface area contributed by atoms with Gasteiger partial charge in [0.15, 0.2) is 11.6 Å². The van der Waals surface area contributed by atoms with Crippen molar-refractivity contribution in [2.24, 2.45) is 4.99 Å². The van der Waals surface area contributed by atoms with Crippen molar-refractivity contribution in [3.05, 3.63) is 116 Å². The fourth-order valence-corrected chi connectivity index (χ4v) is 11.2. The van der Waals surface area contributed by atoms with Gasteiger partial charge in [0.2, 0.25) is 17.9 Å². The monoisotopic (exact) mass is 1470 g/mol. The molecule has 0 spiro atoms. The molecule has 0 bridgehead atoms. The Morgan fingerprint density at radius 2 is 1.06 bits per heavy atom. The normalized spacial score (nSPS) is 16.5. The Balaban J connectivity index is 0.000000205. The summed E-state index contributed by atoms with van der Waals surface area (Å²) in [6.07, 6.45) is 0.216. The summed E-state index contributed by atoms with van der Waals surface area (Å²) in [6.45, 7) is 17.0. The molecule has 3 aliphatic rings. The van der Waals surface area contributed by atoms with Crippen molar-refractivity contribution in [3.8, 4) is 22.8 Å². The molecule has 7 aromatic rings. The molecule has 0 radical (unpaired) electrons. The number of para-hydroxylation sites is 1. The summed E-state index contributed by atoms with van der Waals surface area (Å²) in [5.41, 5.74) is 3.48. The number of aliphatic hydroxyl groups is 1. The van der Waals surface area contributed by atoms with Crippen molar-refractivity contribution >= 4 is 110 Å². The molecule has 88 heavy (non-hydrogen) atoms. The fraction of sp³-hybridized carbons (Fsp3) is 0.492. The summed E-state index contributed by atoms with van der Waals surface area (Å²) in [5.74, 6) is -5.80. The molecule has 0 atom stereocenters. The maximum Gasteiger partial charge on any atom is 0.280 e. The number of fused-ring (bicyclic) bond motifs is 1. The Kier molecular flexibility index (Phi) is 26.8.